The summed E-state index contributed by atoms with van der Waals surface area (Å²) in [4.78, 5) is 21.6. The first-order valence-electron chi connectivity index (χ1n) is 7.94. The maximum Gasteiger partial charge on any atom is 0.267 e. The lowest BCUT2D eigenvalue weighted by molar-refractivity contribution is -0.141. The topological polar surface area (TPSA) is 72.8 Å². The zero-order valence-corrected chi connectivity index (χ0v) is 14.3. The number of carbonyl (C=O) groups excluding carboxylic acids is 1. The van der Waals surface area contributed by atoms with E-state index in [1.807, 2.05) is 0 Å². The number of rotatable bonds is 5. The minimum atomic E-state index is -1.06. The standard InChI is InChI=1S/C18H17F2N3O3/c1-11-9-18(2,26-23-11)17(24)22-10-12-4-3-7-21-16(12)25-15-6-5-13(19)8-14(15)20/h3-8H,9-10H2,1-2H3,(H,22,24). The lowest BCUT2D eigenvalue weighted by atomic mass is 9.99. The molecule has 3 rings (SSSR count). The van der Waals surface area contributed by atoms with Gasteiger partial charge >= 0.3 is 0 Å². The van der Waals surface area contributed by atoms with Crippen LogP contribution in [0, 0.1) is 11.6 Å². The van der Waals surface area contributed by atoms with Gasteiger partial charge in [-0.2, -0.15) is 0 Å². The monoisotopic (exact) mass is 361 g/mol. The van der Waals surface area contributed by atoms with E-state index in [9.17, 15) is 13.6 Å². The Labute approximate surface area is 148 Å². The molecule has 1 amide bonds. The van der Waals surface area contributed by atoms with Gasteiger partial charge in [0.2, 0.25) is 11.5 Å². The molecule has 0 aliphatic carbocycles. The van der Waals surface area contributed by atoms with Crippen LogP contribution in [0.15, 0.2) is 41.7 Å². The highest BCUT2D eigenvalue weighted by atomic mass is 19.1. The fourth-order valence-electron chi connectivity index (χ4n) is 2.53. The minimum Gasteiger partial charge on any atom is -0.436 e. The molecule has 2 aromatic rings. The highest BCUT2D eigenvalue weighted by Gasteiger charge is 2.40. The molecular weight excluding hydrogens is 344 g/mol. The Kier molecular flexibility index (Phi) is 4.83. The summed E-state index contributed by atoms with van der Waals surface area (Å²) in [7, 11) is 0. The molecule has 1 aliphatic heterocycles. The van der Waals surface area contributed by atoms with E-state index in [0.717, 1.165) is 17.8 Å². The van der Waals surface area contributed by atoms with E-state index in [0.29, 0.717) is 12.0 Å². The zero-order valence-electron chi connectivity index (χ0n) is 14.3. The number of pyridine rings is 1. The highest BCUT2D eigenvalue weighted by Crippen LogP contribution is 2.27. The molecule has 0 bridgehead atoms. The molecule has 0 spiro atoms. The van der Waals surface area contributed by atoms with E-state index in [2.05, 4.69) is 15.5 Å². The van der Waals surface area contributed by atoms with Gasteiger partial charge in [0.1, 0.15) is 5.82 Å². The van der Waals surface area contributed by atoms with Gasteiger partial charge in [-0.3, -0.25) is 4.79 Å². The summed E-state index contributed by atoms with van der Waals surface area (Å²) < 4.78 is 32.2. The molecule has 26 heavy (non-hydrogen) atoms. The molecule has 6 nitrogen and oxygen atoms in total. The number of ether oxygens (including phenoxy) is 1. The van der Waals surface area contributed by atoms with Crippen LogP contribution in [0.1, 0.15) is 25.8 Å². The van der Waals surface area contributed by atoms with E-state index in [1.54, 1.807) is 26.0 Å². The molecule has 8 heteroatoms. The van der Waals surface area contributed by atoms with Crippen LogP contribution in [-0.4, -0.2) is 22.2 Å². The number of aromatic nitrogens is 1. The smallest absolute Gasteiger partial charge is 0.267 e. The van der Waals surface area contributed by atoms with Gasteiger partial charge < -0.3 is 14.9 Å². The summed E-state index contributed by atoms with van der Waals surface area (Å²) in [5.74, 6) is -1.92. The first-order valence-corrected chi connectivity index (χ1v) is 7.94. The fraction of sp³-hybridized carbons (Fsp3) is 0.278. The number of nitrogens with zero attached hydrogens (tertiary/aromatic N) is 2. The molecular formula is C18H17F2N3O3. The van der Waals surface area contributed by atoms with Crippen LogP contribution in [0.3, 0.4) is 0 Å². The second-order valence-corrected chi connectivity index (χ2v) is 6.15. The maximum absolute atomic E-state index is 13.8. The predicted octanol–water partition coefficient (Wildman–Crippen LogP) is 3.32. The first-order chi connectivity index (χ1) is 12.4. The van der Waals surface area contributed by atoms with Gasteiger partial charge in [0.05, 0.1) is 5.71 Å². The molecule has 1 atom stereocenters. The molecule has 1 N–H and O–H groups in total. The van der Waals surface area contributed by atoms with Crippen molar-refractivity contribution in [2.24, 2.45) is 5.16 Å². The third-order valence-corrected chi connectivity index (χ3v) is 3.87. The van der Waals surface area contributed by atoms with Gasteiger partial charge in [0.15, 0.2) is 11.6 Å². The number of hydrogen-bond donors (Lipinski definition) is 1. The number of hydrogen-bond acceptors (Lipinski definition) is 5. The third kappa shape index (κ3) is 3.79. The number of nitrogens with one attached hydrogen (secondary N) is 1. The maximum atomic E-state index is 13.8. The van der Waals surface area contributed by atoms with E-state index >= 15 is 0 Å². The summed E-state index contributed by atoms with van der Waals surface area (Å²) in [6, 6.07) is 6.33. The molecule has 2 heterocycles. The third-order valence-electron chi connectivity index (χ3n) is 3.87. The Morgan fingerprint density at radius 3 is 2.88 bits per heavy atom. The van der Waals surface area contributed by atoms with Crippen LogP contribution in [-0.2, 0) is 16.2 Å². The molecule has 0 radical (unpaired) electrons. The number of carbonyl (C=O) groups is 1. The second-order valence-electron chi connectivity index (χ2n) is 6.15. The van der Waals surface area contributed by atoms with Crippen LogP contribution in [0.25, 0.3) is 0 Å². The summed E-state index contributed by atoms with van der Waals surface area (Å²) in [6.07, 6.45) is 1.87. The SMILES string of the molecule is CC1=NOC(C)(C(=O)NCc2cccnc2Oc2ccc(F)cc2F)C1. The van der Waals surface area contributed by atoms with Crippen LogP contribution >= 0.6 is 0 Å². The first kappa shape index (κ1) is 17.8. The Balaban J connectivity index is 1.70. The summed E-state index contributed by atoms with van der Waals surface area (Å²) in [6.45, 7) is 3.53. The predicted molar refractivity (Wildman–Crippen MR) is 89.7 cm³/mol. The van der Waals surface area contributed by atoms with Crippen LogP contribution in [0.2, 0.25) is 0 Å². The number of amides is 1. The van der Waals surface area contributed by atoms with Gasteiger partial charge in [0, 0.05) is 30.8 Å². The lowest BCUT2D eigenvalue weighted by Gasteiger charge is -2.20. The largest absolute Gasteiger partial charge is 0.436 e. The Morgan fingerprint density at radius 1 is 1.38 bits per heavy atom. The number of halogens is 2. The highest BCUT2D eigenvalue weighted by molar-refractivity contribution is 5.94. The van der Waals surface area contributed by atoms with Gasteiger partial charge in [-0.15, -0.1) is 0 Å². The van der Waals surface area contributed by atoms with Crippen molar-refractivity contribution in [1.29, 1.82) is 0 Å². The number of oxime groups is 1. The average molecular weight is 361 g/mol. The van der Waals surface area contributed by atoms with Crippen molar-refractivity contribution in [2.45, 2.75) is 32.4 Å². The molecule has 0 saturated carbocycles. The Bertz CT molecular complexity index is 873. The van der Waals surface area contributed by atoms with Crippen molar-refractivity contribution >= 4 is 11.6 Å². The molecule has 1 unspecified atom stereocenters. The second kappa shape index (κ2) is 7.07. The van der Waals surface area contributed by atoms with Gasteiger partial charge in [-0.05, 0) is 32.0 Å². The Morgan fingerprint density at radius 2 is 2.19 bits per heavy atom. The Hall–Kier alpha value is -3.03. The number of benzene rings is 1. The van der Waals surface area contributed by atoms with Crippen molar-refractivity contribution in [3.05, 3.63) is 53.7 Å². The molecule has 1 aliphatic rings. The normalized spacial score (nSPS) is 18.8. The van der Waals surface area contributed by atoms with Crippen molar-refractivity contribution in [3.8, 4) is 11.6 Å². The molecule has 1 aromatic carbocycles. The molecule has 1 aromatic heterocycles. The van der Waals surface area contributed by atoms with Gasteiger partial charge in [0.25, 0.3) is 5.91 Å². The summed E-state index contributed by atoms with van der Waals surface area (Å²) in [5.41, 5.74) is 0.208. The van der Waals surface area contributed by atoms with Gasteiger partial charge in [-0.25, -0.2) is 13.8 Å². The van der Waals surface area contributed by atoms with E-state index in [4.69, 9.17) is 9.57 Å². The minimum absolute atomic E-state index is 0.100. The van der Waals surface area contributed by atoms with Gasteiger partial charge in [-0.1, -0.05) is 11.2 Å². The van der Waals surface area contributed by atoms with Crippen LogP contribution in [0.4, 0.5) is 8.78 Å². The molecule has 0 fully saturated rings. The zero-order chi connectivity index (χ0) is 18.7. The van der Waals surface area contributed by atoms with Crippen molar-refractivity contribution in [1.82, 2.24) is 10.3 Å². The summed E-state index contributed by atoms with van der Waals surface area (Å²) in [5, 5.41) is 6.54. The van der Waals surface area contributed by atoms with Crippen LogP contribution < -0.4 is 10.1 Å². The van der Waals surface area contributed by atoms with Crippen LogP contribution in [0.5, 0.6) is 11.6 Å². The quantitative estimate of drug-likeness (QED) is 0.887. The lowest BCUT2D eigenvalue weighted by Crippen LogP contribution is -2.44. The van der Waals surface area contributed by atoms with E-state index in [1.165, 1.54) is 12.3 Å². The molecule has 136 valence electrons. The van der Waals surface area contributed by atoms with Crippen molar-refractivity contribution in [2.75, 3.05) is 0 Å². The van der Waals surface area contributed by atoms with E-state index < -0.39 is 17.2 Å². The average Bonchev–Trinajstić information content (AvgIpc) is 2.96. The van der Waals surface area contributed by atoms with E-state index in [-0.39, 0.29) is 24.1 Å². The van der Waals surface area contributed by atoms with Crippen molar-refractivity contribution in [3.63, 3.8) is 0 Å². The fourth-order valence-corrected chi connectivity index (χ4v) is 2.53. The van der Waals surface area contributed by atoms with Crippen molar-refractivity contribution < 1.29 is 23.1 Å². The summed E-state index contributed by atoms with van der Waals surface area (Å²) >= 11 is 0. The molecule has 0 saturated heterocycles.